The van der Waals surface area contributed by atoms with E-state index in [1.165, 1.54) is 0 Å². The minimum atomic E-state index is 0.706. The van der Waals surface area contributed by atoms with Gasteiger partial charge in [-0.05, 0) is 19.1 Å². The molecule has 0 amide bonds. The third kappa shape index (κ3) is 2.65. The Kier molecular flexibility index (Phi) is 3.27. The van der Waals surface area contributed by atoms with E-state index in [4.69, 9.17) is 9.47 Å². The molecule has 0 saturated heterocycles. The van der Waals surface area contributed by atoms with E-state index in [0.717, 1.165) is 41.4 Å². The van der Waals surface area contributed by atoms with Crippen LogP contribution in [-0.2, 0) is 6.54 Å². The lowest BCUT2D eigenvalue weighted by atomic mass is 10.2. The molecule has 5 nitrogen and oxygen atoms in total. The second kappa shape index (κ2) is 5.22. The van der Waals surface area contributed by atoms with Gasteiger partial charge in [0, 0.05) is 36.0 Å². The molecule has 0 spiro atoms. The summed E-state index contributed by atoms with van der Waals surface area (Å²) >= 11 is 0. The van der Waals surface area contributed by atoms with Gasteiger partial charge in [-0.1, -0.05) is 0 Å². The third-order valence-electron chi connectivity index (χ3n) is 3.16. The number of ether oxygens (including phenoxy) is 2. The van der Waals surface area contributed by atoms with Crippen molar-refractivity contribution in [1.82, 2.24) is 10.2 Å². The van der Waals surface area contributed by atoms with Crippen LogP contribution in [0.3, 0.4) is 0 Å². The van der Waals surface area contributed by atoms with Crippen LogP contribution in [0, 0.1) is 6.92 Å². The SMILES string of the molecule is Cc1[nH]ncc1CNc1ccc2c(c1)OCCCO2. The van der Waals surface area contributed by atoms with Crippen molar-refractivity contribution in [3.63, 3.8) is 0 Å². The van der Waals surface area contributed by atoms with Gasteiger partial charge in [-0.15, -0.1) is 0 Å². The summed E-state index contributed by atoms with van der Waals surface area (Å²) in [6.07, 6.45) is 2.76. The van der Waals surface area contributed by atoms with E-state index in [2.05, 4.69) is 15.5 Å². The first-order valence-corrected chi connectivity index (χ1v) is 6.45. The van der Waals surface area contributed by atoms with Gasteiger partial charge < -0.3 is 14.8 Å². The highest BCUT2D eigenvalue weighted by Crippen LogP contribution is 2.32. The molecule has 1 aliphatic rings. The number of H-pyrrole nitrogens is 1. The number of aromatic nitrogens is 2. The zero-order valence-corrected chi connectivity index (χ0v) is 10.9. The topological polar surface area (TPSA) is 59.2 Å². The van der Waals surface area contributed by atoms with Crippen LogP contribution in [0.4, 0.5) is 5.69 Å². The molecule has 3 rings (SSSR count). The van der Waals surface area contributed by atoms with Crippen LogP contribution in [-0.4, -0.2) is 23.4 Å². The first-order valence-electron chi connectivity index (χ1n) is 6.45. The summed E-state index contributed by atoms with van der Waals surface area (Å²) in [7, 11) is 0. The maximum absolute atomic E-state index is 5.67. The van der Waals surface area contributed by atoms with E-state index in [0.29, 0.717) is 13.2 Å². The van der Waals surface area contributed by atoms with Crippen molar-refractivity contribution in [2.24, 2.45) is 0 Å². The largest absolute Gasteiger partial charge is 0.490 e. The molecule has 5 heteroatoms. The van der Waals surface area contributed by atoms with Gasteiger partial charge in [-0.2, -0.15) is 5.10 Å². The Morgan fingerprint density at radius 3 is 2.89 bits per heavy atom. The molecular weight excluding hydrogens is 242 g/mol. The van der Waals surface area contributed by atoms with Gasteiger partial charge in [0.15, 0.2) is 11.5 Å². The normalized spacial score (nSPS) is 13.9. The molecule has 100 valence electrons. The molecule has 19 heavy (non-hydrogen) atoms. The zero-order chi connectivity index (χ0) is 13.1. The van der Waals surface area contributed by atoms with Crippen molar-refractivity contribution in [3.8, 4) is 11.5 Å². The predicted octanol–water partition coefficient (Wildman–Crippen LogP) is 2.49. The Hall–Kier alpha value is -2.17. The number of aryl methyl sites for hydroxylation is 1. The molecule has 1 aromatic heterocycles. The minimum Gasteiger partial charge on any atom is -0.490 e. The number of hydrogen-bond acceptors (Lipinski definition) is 4. The number of rotatable bonds is 3. The lowest BCUT2D eigenvalue weighted by Crippen LogP contribution is -2.00. The maximum Gasteiger partial charge on any atom is 0.163 e. The van der Waals surface area contributed by atoms with Crippen molar-refractivity contribution in [1.29, 1.82) is 0 Å². The average molecular weight is 259 g/mol. The number of anilines is 1. The van der Waals surface area contributed by atoms with Crippen LogP contribution in [0.25, 0.3) is 0 Å². The van der Waals surface area contributed by atoms with Gasteiger partial charge >= 0.3 is 0 Å². The van der Waals surface area contributed by atoms with Crippen LogP contribution < -0.4 is 14.8 Å². The highest BCUT2D eigenvalue weighted by Gasteiger charge is 2.10. The van der Waals surface area contributed by atoms with Crippen molar-refractivity contribution in [3.05, 3.63) is 35.7 Å². The van der Waals surface area contributed by atoms with Gasteiger partial charge in [0.1, 0.15) is 0 Å². The Labute approximate surface area is 111 Å². The molecule has 2 N–H and O–H groups in total. The molecule has 0 fully saturated rings. The molecule has 2 aromatic rings. The van der Waals surface area contributed by atoms with E-state index in [-0.39, 0.29) is 0 Å². The quantitative estimate of drug-likeness (QED) is 0.889. The number of nitrogens with zero attached hydrogens (tertiary/aromatic N) is 1. The fraction of sp³-hybridized carbons (Fsp3) is 0.357. The second-order valence-electron chi connectivity index (χ2n) is 4.59. The molecule has 0 saturated carbocycles. The fourth-order valence-corrected chi connectivity index (χ4v) is 2.02. The van der Waals surface area contributed by atoms with Crippen LogP contribution in [0.1, 0.15) is 17.7 Å². The molecule has 0 atom stereocenters. The summed E-state index contributed by atoms with van der Waals surface area (Å²) in [5.74, 6) is 1.63. The number of nitrogens with one attached hydrogen (secondary N) is 2. The second-order valence-corrected chi connectivity index (χ2v) is 4.59. The van der Waals surface area contributed by atoms with E-state index in [9.17, 15) is 0 Å². The lowest BCUT2D eigenvalue weighted by molar-refractivity contribution is 0.297. The van der Waals surface area contributed by atoms with E-state index in [1.807, 2.05) is 31.3 Å². The Bertz CT molecular complexity index is 566. The molecule has 0 aliphatic carbocycles. The molecule has 1 aromatic carbocycles. The smallest absolute Gasteiger partial charge is 0.163 e. The van der Waals surface area contributed by atoms with Gasteiger partial charge in [0.05, 0.1) is 19.4 Å². The summed E-state index contributed by atoms with van der Waals surface area (Å²) in [6, 6.07) is 5.93. The Balaban J connectivity index is 1.72. The van der Waals surface area contributed by atoms with Gasteiger partial charge in [0.25, 0.3) is 0 Å². The van der Waals surface area contributed by atoms with Gasteiger partial charge in [0.2, 0.25) is 0 Å². The molecule has 0 radical (unpaired) electrons. The Morgan fingerprint density at radius 2 is 2.11 bits per heavy atom. The Morgan fingerprint density at radius 1 is 1.26 bits per heavy atom. The standard InChI is InChI=1S/C14H17N3O2/c1-10-11(9-16-17-10)8-15-12-3-4-13-14(7-12)19-6-2-5-18-13/h3-4,7,9,15H,2,5-6,8H2,1H3,(H,16,17). The molecule has 1 aliphatic heterocycles. The van der Waals surface area contributed by atoms with Gasteiger partial charge in [-0.3, -0.25) is 5.10 Å². The molecule has 2 heterocycles. The summed E-state index contributed by atoms with van der Waals surface area (Å²) in [6.45, 7) is 4.17. The van der Waals surface area contributed by atoms with Crippen molar-refractivity contribution < 1.29 is 9.47 Å². The van der Waals surface area contributed by atoms with Crippen LogP contribution in [0.2, 0.25) is 0 Å². The number of benzene rings is 1. The van der Waals surface area contributed by atoms with Crippen molar-refractivity contribution >= 4 is 5.69 Å². The predicted molar refractivity (Wildman–Crippen MR) is 72.7 cm³/mol. The highest BCUT2D eigenvalue weighted by atomic mass is 16.5. The van der Waals surface area contributed by atoms with E-state index in [1.54, 1.807) is 0 Å². The van der Waals surface area contributed by atoms with E-state index < -0.39 is 0 Å². The first-order chi connectivity index (χ1) is 9.33. The minimum absolute atomic E-state index is 0.706. The zero-order valence-electron chi connectivity index (χ0n) is 10.9. The van der Waals surface area contributed by atoms with Crippen LogP contribution >= 0.6 is 0 Å². The number of aromatic amines is 1. The van der Waals surface area contributed by atoms with Crippen molar-refractivity contribution in [2.75, 3.05) is 18.5 Å². The number of fused-ring (bicyclic) bond motifs is 1. The van der Waals surface area contributed by atoms with Crippen LogP contribution in [0.15, 0.2) is 24.4 Å². The van der Waals surface area contributed by atoms with Gasteiger partial charge in [-0.25, -0.2) is 0 Å². The number of hydrogen-bond donors (Lipinski definition) is 2. The average Bonchev–Trinajstić information content (AvgIpc) is 2.70. The van der Waals surface area contributed by atoms with E-state index >= 15 is 0 Å². The fourth-order valence-electron chi connectivity index (χ4n) is 2.02. The third-order valence-corrected chi connectivity index (χ3v) is 3.16. The summed E-state index contributed by atoms with van der Waals surface area (Å²) in [4.78, 5) is 0. The monoisotopic (exact) mass is 259 g/mol. The molecule has 0 unspecified atom stereocenters. The van der Waals surface area contributed by atoms with Crippen LogP contribution in [0.5, 0.6) is 11.5 Å². The lowest BCUT2D eigenvalue weighted by Gasteiger charge is -2.10. The molecule has 0 bridgehead atoms. The maximum atomic E-state index is 5.67. The van der Waals surface area contributed by atoms with Crippen molar-refractivity contribution in [2.45, 2.75) is 19.9 Å². The highest BCUT2D eigenvalue weighted by molar-refractivity contribution is 5.55. The summed E-state index contributed by atoms with van der Waals surface area (Å²) in [5.41, 5.74) is 3.26. The first kappa shape index (κ1) is 11.9. The summed E-state index contributed by atoms with van der Waals surface area (Å²) < 4.78 is 11.3. The summed E-state index contributed by atoms with van der Waals surface area (Å²) in [5, 5.41) is 10.3. The molecular formula is C14H17N3O2.